The fraction of sp³-hybridized carbons (Fsp3) is 0. The zero-order valence-corrected chi connectivity index (χ0v) is 30.3. The summed E-state index contributed by atoms with van der Waals surface area (Å²) in [5, 5.41) is 3.44. The number of fused-ring (bicyclic) bond motifs is 6. The Labute approximate surface area is 323 Å². The molecule has 0 N–H and O–H groups in total. The van der Waals surface area contributed by atoms with Crippen molar-refractivity contribution in [3.05, 3.63) is 200 Å². The van der Waals surface area contributed by atoms with E-state index in [4.69, 9.17) is 14.4 Å². The Kier molecular flexibility index (Phi) is 7.46. The highest BCUT2D eigenvalue weighted by Gasteiger charge is 2.20. The van der Waals surface area contributed by atoms with Gasteiger partial charge in [0.1, 0.15) is 16.8 Å². The van der Waals surface area contributed by atoms with Crippen LogP contribution in [0.5, 0.6) is 0 Å². The minimum atomic E-state index is 0.664. The molecule has 262 valence electrons. The lowest BCUT2D eigenvalue weighted by atomic mass is 9.97. The Morgan fingerprint density at radius 3 is 1.68 bits per heavy atom. The smallest absolute Gasteiger partial charge is 0.180 e. The molecule has 0 saturated heterocycles. The van der Waals surface area contributed by atoms with E-state index in [2.05, 4.69) is 180 Å². The van der Waals surface area contributed by atoms with Crippen molar-refractivity contribution < 1.29 is 4.42 Å². The number of aromatic nitrogens is 3. The van der Waals surface area contributed by atoms with Crippen molar-refractivity contribution in [3.63, 3.8) is 0 Å². The molecule has 4 nitrogen and oxygen atoms in total. The molecule has 8 aromatic carbocycles. The Morgan fingerprint density at radius 1 is 0.357 bits per heavy atom. The molecule has 0 spiro atoms. The lowest BCUT2D eigenvalue weighted by Gasteiger charge is -2.10. The van der Waals surface area contributed by atoms with E-state index in [0.29, 0.717) is 11.4 Å². The van der Waals surface area contributed by atoms with E-state index in [9.17, 15) is 0 Å². The quantitative estimate of drug-likeness (QED) is 0.172. The van der Waals surface area contributed by atoms with Gasteiger partial charge in [-0.3, -0.25) is 0 Å². The molecule has 0 aliphatic heterocycles. The molecule has 0 atom stereocenters. The summed E-state index contributed by atoms with van der Waals surface area (Å²) >= 11 is 0. The monoisotopic (exact) mass is 715 g/mol. The van der Waals surface area contributed by atoms with E-state index in [-0.39, 0.29) is 0 Å². The normalized spacial score (nSPS) is 11.6. The van der Waals surface area contributed by atoms with Crippen LogP contribution >= 0.6 is 0 Å². The van der Waals surface area contributed by atoms with Crippen molar-refractivity contribution in [1.29, 1.82) is 0 Å². The van der Waals surface area contributed by atoms with Gasteiger partial charge in [0.25, 0.3) is 0 Å². The zero-order chi connectivity index (χ0) is 37.0. The van der Waals surface area contributed by atoms with Gasteiger partial charge in [0.2, 0.25) is 0 Å². The maximum atomic E-state index is 6.64. The minimum absolute atomic E-state index is 0.664. The number of benzene rings is 8. The summed E-state index contributed by atoms with van der Waals surface area (Å²) in [6, 6.07) is 70.4. The molecule has 3 aromatic heterocycles. The first kappa shape index (κ1) is 31.9. The van der Waals surface area contributed by atoms with Gasteiger partial charge in [0.05, 0.1) is 11.0 Å². The molecule has 0 aliphatic rings. The van der Waals surface area contributed by atoms with Crippen LogP contribution in [-0.4, -0.2) is 14.5 Å². The second kappa shape index (κ2) is 13.1. The summed E-state index contributed by atoms with van der Waals surface area (Å²) in [4.78, 5) is 10.3. The predicted octanol–water partition coefficient (Wildman–Crippen LogP) is 13.8. The van der Waals surface area contributed by atoms with Gasteiger partial charge in [0.15, 0.2) is 11.4 Å². The average molecular weight is 716 g/mol. The van der Waals surface area contributed by atoms with Crippen molar-refractivity contribution >= 4 is 43.9 Å². The van der Waals surface area contributed by atoms with Gasteiger partial charge in [-0.15, -0.1) is 0 Å². The van der Waals surface area contributed by atoms with Gasteiger partial charge in [-0.2, -0.15) is 0 Å². The average Bonchev–Trinajstić information content (AvgIpc) is 3.82. The molecule has 0 radical (unpaired) electrons. The summed E-state index contributed by atoms with van der Waals surface area (Å²) in [6.07, 6.45) is 0. The molecule has 0 unspecified atom stereocenters. The maximum Gasteiger partial charge on any atom is 0.180 e. The Hall–Kier alpha value is -7.56. The summed E-state index contributed by atoms with van der Waals surface area (Å²) < 4.78 is 9.01. The first-order valence-electron chi connectivity index (χ1n) is 18.9. The number of para-hydroxylation sites is 2. The van der Waals surface area contributed by atoms with Gasteiger partial charge in [0, 0.05) is 33.0 Å². The van der Waals surface area contributed by atoms with Crippen LogP contribution in [0.3, 0.4) is 0 Å². The van der Waals surface area contributed by atoms with Crippen LogP contribution in [0, 0.1) is 0 Å². The molecule has 11 aromatic rings. The molecular formula is C52H33N3O. The van der Waals surface area contributed by atoms with Crippen LogP contribution < -0.4 is 0 Å². The fourth-order valence-corrected chi connectivity index (χ4v) is 8.10. The molecule has 0 bridgehead atoms. The third-order valence-corrected chi connectivity index (χ3v) is 10.8. The van der Waals surface area contributed by atoms with E-state index in [1.165, 1.54) is 21.8 Å². The third-order valence-electron chi connectivity index (χ3n) is 10.8. The van der Waals surface area contributed by atoms with Crippen LogP contribution in [0.25, 0.3) is 106 Å². The first-order chi connectivity index (χ1) is 27.7. The largest absolute Gasteiger partial charge is 0.452 e. The number of nitrogens with zero attached hydrogens (tertiary/aromatic N) is 3. The molecule has 4 heteroatoms. The Bertz CT molecular complexity index is 3240. The van der Waals surface area contributed by atoms with Crippen molar-refractivity contribution in [2.75, 3.05) is 0 Å². The van der Waals surface area contributed by atoms with E-state index in [0.717, 1.165) is 72.4 Å². The number of rotatable bonds is 6. The van der Waals surface area contributed by atoms with Crippen molar-refractivity contribution in [2.24, 2.45) is 0 Å². The maximum absolute atomic E-state index is 6.64. The van der Waals surface area contributed by atoms with Gasteiger partial charge < -0.3 is 8.98 Å². The van der Waals surface area contributed by atoms with Crippen molar-refractivity contribution in [2.45, 2.75) is 0 Å². The Morgan fingerprint density at radius 2 is 0.911 bits per heavy atom. The Balaban J connectivity index is 1.05. The van der Waals surface area contributed by atoms with Gasteiger partial charge in [-0.1, -0.05) is 152 Å². The summed E-state index contributed by atoms with van der Waals surface area (Å²) in [6.45, 7) is 0. The van der Waals surface area contributed by atoms with Crippen LogP contribution in [0.15, 0.2) is 205 Å². The van der Waals surface area contributed by atoms with E-state index < -0.39 is 0 Å². The highest BCUT2D eigenvalue weighted by molar-refractivity contribution is 6.11. The molecular weight excluding hydrogens is 683 g/mol. The predicted molar refractivity (Wildman–Crippen MR) is 231 cm³/mol. The number of hydrogen-bond donors (Lipinski definition) is 0. The topological polar surface area (TPSA) is 43.9 Å². The second-order valence-electron chi connectivity index (χ2n) is 14.2. The highest BCUT2D eigenvalue weighted by Crippen LogP contribution is 2.40. The van der Waals surface area contributed by atoms with Crippen LogP contribution in [-0.2, 0) is 0 Å². The van der Waals surface area contributed by atoms with E-state index in [1.807, 2.05) is 24.3 Å². The van der Waals surface area contributed by atoms with Gasteiger partial charge in [-0.05, 0) is 81.9 Å². The van der Waals surface area contributed by atoms with E-state index in [1.54, 1.807) is 0 Å². The van der Waals surface area contributed by atoms with Crippen molar-refractivity contribution in [1.82, 2.24) is 14.5 Å². The molecule has 0 saturated carbocycles. The second-order valence-corrected chi connectivity index (χ2v) is 14.2. The van der Waals surface area contributed by atoms with Crippen molar-refractivity contribution in [3.8, 4) is 61.7 Å². The summed E-state index contributed by atoms with van der Waals surface area (Å²) in [7, 11) is 0. The lowest BCUT2D eigenvalue weighted by molar-refractivity contribution is 0.667. The molecule has 3 heterocycles. The number of hydrogen-bond acceptors (Lipinski definition) is 3. The van der Waals surface area contributed by atoms with Gasteiger partial charge in [-0.25, -0.2) is 9.97 Å². The lowest BCUT2D eigenvalue weighted by Crippen LogP contribution is -1.94. The molecule has 0 amide bonds. The zero-order valence-electron chi connectivity index (χ0n) is 30.3. The molecule has 11 rings (SSSR count). The van der Waals surface area contributed by atoms with Crippen LogP contribution in [0.1, 0.15) is 0 Å². The SMILES string of the molecule is c1ccc(-c2cccc(-c3nc(-c4ccccc4)nc4c3oc3ccc(-c5cccc(-c6ccc7c8ccccc8n(-c8ccccc8)c7c6)c5)cc34)c2)cc1. The van der Waals surface area contributed by atoms with Gasteiger partial charge >= 0.3 is 0 Å². The first-order valence-corrected chi connectivity index (χ1v) is 18.9. The summed E-state index contributed by atoms with van der Waals surface area (Å²) in [5.41, 5.74) is 15.3. The van der Waals surface area contributed by atoms with E-state index >= 15 is 0 Å². The highest BCUT2D eigenvalue weighted by atomic mass is 16.3. The number of furan rings is 1. The molecule has 0 aliphatic carbocycles. The third kappa shape index (κ3) is 5.39. The fourth-order valence-electron chi connectivity index (χ4n) is 8.10. The van der Waals surface area contributed by atoms with Crippen LogP contribution in [0.4, 0.5) is 0 Å². The standard InChI is InChI=1S/C52H33N3O/c1-4-14-34(15-5-1)36-18-13-21-41(31-36)49-51-50(54-52(53-49)35-16-6-2-7-17-35)45-32-39(27-29-48(45)56-51)37-19-12-20-38(30-37)40-26-28-44-43-24-10-11-25-46(43)55(47(44)33-40)42-22-8-3-9-23-42/h1-33H. The summed E-state index contributed by atoms with van der Waals surface area (Å²) in [5.74, 6) is 0.664. The molecule has 0 fully saturated rings. The van der Waals surface area contributed by atoms with Crippen LogP contribution in [0.2, 0.25) is 0 Å². The molecule has 56 heavy (non-hydrogen) atoms. The minimum Gasteiger partial charge on any atom is -0.452 e.